The fourth-order valence-corrected chi connectivity index (χ4v) is 2.55. The Morgan fingerprint density at radius 3 is 2.70 bits per heavy atom. The van der Waals surface area contributed by atoms with Crippen molar-refractivity contribution in [3.63, 3.8) is 0 Å². The maximum atomic E-state index is 12.5. The van der Waals surface area contributed by atoms with E-state index in [0.29, 0.717) is 5.76 Å². The van der Waals surface area contributed by atoms with Crippen LogP contribution in [0.25, 0.3) is 0 Å². The number of alkyl halides is 3. The van der Waals surface area contributed by atoms with Crippen molar-refractivity contribution in [2.24, 2.45) is 7.05 Å². The fraction of sp³-hybridized carbons (Fsp3) is 0.211. The second-order valence-electron chi connectivity index (χ2n) is 6.18. The second-order valence-corrected chi connectivity index (χ2v) is 6.18. The van der Waals surface area contributed by atoms with Crippen LogP contribution >= 0.6 is 0 Å². The molecule has 11 heteroatoms. The van der Waals surface area contributed by atoms with Gasteiger partial charge in [0.25, 0.3) is 11.8 Å². The number of hydrogen-bond donors (Lipinski definition) is 2. The highest BCUT2D eigenvalue weighted by atomic mass is 19.4. The number of carbonyl (C=O) groups is 2. The summed E-state index contributed by atoms with van der Waals surface area (Å²) in [5, 5.41) is 9.16. The van der Waals surface area contributed by atoms with Gasteiger partial charge < -0.3 is 19.8 Å². The smallest absolute Gasteiger partial charge is 0.422 e. The zero-order valence-electron chi connectivity index (χ0n) is 15.7. The summed E-state index contributed by atoms with van der Waals surface area (Å²) in [6.45, 7) is -1.33. The Kier molecular flexibility index (Phi) is 6.09. The molecule has 0 unspecified atom stereocenters. The van der Waals surface area contributed by atoms with Gasteiger partial charge in [-0.2, -0.15) is 18.3 Å². The Labute approximate surface area is 168 Å². The topological polar surface area (TPSA) is 98.4 Å². The third kappa shape index (κ3) is 5.40. The van der Waals surface area contributed by atoms with Crippen LogP contribution in [0.15, 0.2) is 53.3 Å². The standard InChI is InChI=1S/C19H17F3N4O4/c1-26-16(18(28)23-9-14-6-3-7-29-14)15(10-24-26)25-17(27)12-4-2-5-13(8-12)30-11-19(20,21)22/h2-8,10H,9,11H2,1H3,(H,23,28)(H,25,27). The summed E-state index contributed by atoms with van der Waals surface area (Å²) in [6, 6.07) is 8.65. The number of halogens is 3. The van der Waals surface area contributed by atoms with Crippen LogP contribution in [0.2, 0.25) is 0 Å². The van der Waals surface area contributed by atoms with E-state index in [1.54, 1.807) is 12.1 Å². The molecule has 0 radical (unpaired) electrons. The third-order valence-electron chi connectivity index (χ3n) is 3.90. The molecule has 0 saturated carbocycles. The summed E-state index contributed by atoms with van der Waals surface area (Å²) >= 11 is 0. The zero-order chi connectivity index (χ0) is 21.7. The SMILES string of the molecule is Cn1ncc(NC(=O)c2cccc(OCC(F)(F)F)c2)c1C(=O)NCc1ccco1. The summed E-state index contributed by atoms with van der Waals surface area (Å²) in [6.07, 6.45) is -1.72. The number of amides is 2. The van der Waals surface area contributed by atoms with Crippen molar-refractivity contribution in [2.75, 3.05) is 11.9 Å². The summed E-state index contributed by atoms with van der Waals surface area (Å²) in [7, 11) is 1.53. The highest BCUT2D eigenvalue weighted by Crippen LogP contribution is 2.21. The van der Waals surface area contributed by atoms with Gasteiger partial charge in [0.2, 0.25) is 0 Å². The Morgan fingerprint density at radius 1 is 1.20 bits per heavy atom. The van der Waals surface area contributed by atoms with Gasteiger partial charge in [-0.25, -0.2) is 0 Å². The number of hydrogen-bond acceptors (Lipinski definition) is 5. The first-order valence-electron chi connectivity index (χ1n) is 8.66. The van der Waals surface area contributed by atoms with Crippen molar-refractivity contribution < 1.29 is 31.9 Å². The molecular formula is C19H17F3N4O4. The summed E-state index contributed by atoms with van der Waals surface area (Å²) in [5.41, 5.74) is 0.293. The van der Waals surface area contributed by atoms with Crippen molar-refractivity contribution >= 4 is 17.5 Å². The van der Waals surface area contributed by atoms with Gasteiger partial charge in [-0.15, -0.1) is 0 Å². The number of furan rings is 1. The van der Waals surface area contributed by atoms with E-state index >= 15 is 0 Å². The zero-order valence-corrected chi connectivity index (χ0v) is 15.7. The molecule has 158 valence electrons. The first-order chi connectivity index (χ1) is 14.2. The van der Waals surface area contributed by atoms with Crippen molar-refractivity contribution in [2.45, 2.75) is 12.7 Å². The van der Waals surface area contributed by atoms with E-state index in [9.17, 15) is 22.8 Å². The van der Waals surface area contributed by atoms with E-state index in [1.165, 1.54) is 48.5 Å². The summed E-state index contributed by atoms with van der Waals surface area (Å²) in [5.74, 6) is -0.696. The number of aromatic nitrogens is 2. The van der Waals surface area contributed by atoms with Crippen LogP contribution < -0.4 is 15.4 Å². The maximum Gasteiger partial charge on any atom is 0.422 e. The van der Waals surface area contributed by atoms with Crippen molar-refractivity contribution in [3.05, 3.63) is 65.9 Å². The van der Waals surface area contributed by atoms with Crippen LogP contribution in [0.4, 0.5) is 18.9 Å². The molecule has 0 aliphatic heterocycles. The van der Waals surface area contributed by atoms with Crippen molar-refractivity contribution in [1.82, 2.24) is 15.1 Å². The van der Waals surface area contributed by atoms with Crippen LogP contribution in [0.1, 0.15) is 26.6 Å². The molecule has 2 N–H and O–H groups in total. The highest BCUT2D eigenvalue weighted by Gasteiger charge is 2.28. The number of nitrogens with zero attached hydrogens (tertiary/aromatic N) is 2. The van der Waals surface area contributed by atoms with Gasteiger partial charge in [-0.1, -0.05) is 6.07 Å². The quantitative estimate of drug-likeness (QED) is 0.610. The Balaban J connectivity index is 1.69. The van der Waals surface area contributed by atoms with Gasteiger partial charge in [0.15, 0.2) is 6.61 Å². The minimum atomic E-state index is -4.49. The second kappa shape index (κ2) is 8.72. The normalized spacial score (nSPS) is 11.2. The molecule has 8 nitrogen and oxygen atoms in total. The van der Waals surface area contributed by atoms with Crippen molar-refractivity contribution in [3.8, 4) is 5.75 Å². The fourth-order valence-electron chi connectivity index (χ4n) is 2.55. The van der Waals surface area contributed by atoms with Gasteiger partial charge in [0, 0.05) is 12.6 Å². The molecule has 0 saturated heterocycles. The van der Waals surface area contributed by atoms with Gasteiger partial charge in [-0.05, 0) is 30.3 Å². The van der Waals surface area contributed by atoms with E-state index in [1.807, 2.05) is 0 Å². The third-order valence-corrected chi connectivity index (χ3v) is 3.90. The molecule has 0 bridgehead atoms. The first-order valence-corrected chi connectivity index (χ1v) is 8.66. The Hall–Kier alpha value is -3.76. The molecule has 3 rings (SSSR count). The monoisotopic (exact) mass is 422 g/mol. The average Bonchev–Trinajstić information content (AvgIpc) is 3.34. The lowest BCUT2D eigenvalue weighted by Gasteiger charge is -2.11. The van der Waals surface area contributed by atoms with Crippen LogP contribution in [0, 0.1) is 0 Å². The lowest BCUT2D eigenvalue weighted by atomic mass is 10.2. The van der Waals surface area contributed by atoms with Gasteiger partial charge >= 0.3 is 6.18 Å². The van der Waals surface area contributed by atoms with Crippen molar-refractivity contribution in [1.29, 1.82) is 0 Å². The molecule has 30 heavy (non-hydrogen) atoms. The number of nitrogens with one attached hydrogen (secondary N) is 2. The minimum absolute atomic E-state index is 0.0560. The molecular weight excluding hydrogens is 405 g/mol. The number of benzene rings is 1. The van der Waals surface area contributed by atoms with E-state index in [2.05, 4.69) is 20.5 Å². The van der Waals surface area contributed by atoms with Gasteiger partial charge in [0.1, 0.15) is 17.2 Å². The lowest BCUT2D eigenvalue weighted by Crippen LogP contribution is -2.26. The molecule has 3 aromatic rings. The first kappa shape index (κ1) is 21.0. The van der Waals surface area contributed by atoms with E-state index in [4.69, 9.17) is 4.42 Å². The van der Waals surface area contributed by atoms with E-state index in [-0.39, 0.29) is 29.2 Å². The largest absolute Gasteiger partial charge is 0.484 e. The molecule has 1 aromatic carbocycles. The van der Waals surface area contributed by atoms with Gasteiger partial charge in [0.05, 0.1) is 24.7 Å². The Bertz CT molecular complexity index is 1030. The molecule has 0 aliphatic carbocycles. The highest BCUT2D eigenvalue weighted by molar-refractivity contribution is 6.08. The summed E-state index contributed by atoms with van der Waals surface area (Å²) < 4.78 is 48.0. The molecule has 0 atom stereocenters. The number of ether oxygens (including phenoxy) is 1. The molecule has 0 spiro atoms. The average molecular weight is 422 g/mol. The van der Waals surface area contributed by atoms with Gasteiger partial charge in [-0.3, -0.25) is 14.3 Å². The van der Waals surface area contributed by atoms with Crippen LogP contribution in [0.5, 0.6) is 5.75 Å². The molecule has 0 aliphatic rings. The Morgan fingerprint density at radius 2 is 2.00 bits per heavy atom. The molecule has 2 aromatic heterocycles. The van der Waals surface area contributed by atoms with Crippen LogP contribution in [-0.2, 0) is 13.6 Å². The summed E-state index contributed by atoms with van der Waals surface area (Å²) in [4.78, 5) is 25.0. The number of carbonyl (C=O) groups excluding carboxylic acids is 2. The molecule has 2 heterocycles. The minimum Gasteiger partial charge on any atom is -0.484 e. The van der Waals surface area contributed by atoms with Crippen LogP contribution in [0.3, 0.4) is 0 Å². The van der Waals surface area contributed by atoms with Crippen LogP contribution in [-0.4, -0.2) is 34.4 Å². The number of anilines is 1. The van der Waals surface area contributed by atoms with E-state index < -0.39 is 24.6 Å². The predicted molar refractivity (Wildman–Crippen MR) is 99.0 cm³/mol. The van der Waals surface area contributed by atoms with E-state index in [0.717, 1.165) is 0 Å². The lowest BCUT2D eigenvalue weighted by molar-refractivity contribution is -0.153. The number of rotatable bonds is 7. The maximum absolute atomic E-state index is 12.5. The number of aryl methyl sites for hydroxylation is 1. The molecule has 0 fully saturated rings. The predicted octanol–water partition coefficient (Wildman–Crippen LogP) is 3.14. The molecule has 2 amide bonds.